The Morgan fingerprint density at radius 1 is 1.09 bits per heavy atom. The smallest absolute Gasteiger partial charge is 0.227 e. The molecule has 3 heteroatoms. The first kappa shape index (κ1) is 10.9. The molecule has 3 heterocycles. The highest BCUT2D eigenvalue weighted by Gasteiger charge is 2.21. The van der Waals surface area contributed by atoms with Crippen LogP contribution in [0.25, 0.3) is 33.3 Å². The van der Waals surface area contributed by atoms with Crippen molar-refractivity contribution >= 4 is 22.1 Å². The van der Waals surface area contributed by atoms with Gasteiger partial charge in [-0.2, -0.15) is 0 Å². The summed E-state index contributed by atoms with van der Waals surface area (Å²) in [6.45, 7) is 1.73. The second kappa shape index (κ2) is 4.92. The summed E-state index contributed by atoms with van der Waals surface area (Å²) in [6.07, 6.45) is 3.41. The average Bonchev–Trinajstić information content (AvgIpc) is 2.94. The molecule has 0 aliphatic carbocycles. The quantitative estimate of drug-likeness (QED) is 0.488. The number of nitrogens with zero attached hydrogens (tertiary/aromatic N) is 2. The van der Waals surface area contributed by atoms with E-state index in [0.717, 1.165) is 38.7 Å². The fraction of sp³-hybridized carbons (Fsp3) is 0.200. The van der Waals surface area contributed by atoms with Crippen LogP contribution in [0.1, 0.15) is 20.8 Å². The van der Waals surface area contributed by atoms with Gasteiger partial charge in [0.15, 0.2) is 11.8 Å². The molecule has 0 saturated carbocycles. The zero-order valence-electron chi connectivity index (χ0n) is 16.3. The molecule has 3 nitrogen and oxygen atoms in total. The van der Waals surface area contributed by atoms with Gasteiger partial charge in [-0.25, -0.2) is 9.55 Å². The topological polar surface area (TPSA) is 29.9 Å². The van der Waals surface area contributed by atoms with E-state index >= 15 is 0 Å². The van der Waals surface area contributed by atoms with Crippen LogP contribution in [0.15, 0.2) is 47.1 Å². The van der Waals surface area contributed by atoms with Gasteiger partial charge in [-0.1, -0.05) is 12.1 Å². The molecule has 1 aromatic carbocycles. The van der Waals surface area contributed by atoms with Crippen LogP contribution in [0.5, 0.6) is 0 Å². The van der Waals surface area contributed by atoms with Gasteiger partial charge in [0.05, 0.1) is 5.56 Å². The minimum atomic E-state index is -2.13. The van der Waals surface area contributed by atoms with E-state index in [1.54, 1.807) is 12.4 Å². The van der Waals surface area contributed by atoms with Gasteiger partial charge < -0.3 is 4.42 Å². The van der Waals surface area contributed by atoms with Gasteiger partial charge in [-0.3, -0.25) is 0 Å². The van der Waals surface area contributed by atoms with E-state index in [1.165, 1.54) is 0 Å². The molecule has 0 radical (unpaired) electrons. The van der Waals surface area contributed by atoms with Gasteiger partial charge in [-0.05, 0) is 44.0 Å². The molecule has 114 valence electrons. The molecule has 0 amide bonds. The van der Waals surface area contributed by atoms with Gasteiger partial charge in [0, 0.05) is 32.7 Å². The summed E-state index contributed by atoms with van der Waals surface area (Å²) < 4.78 is 31.1. The van der Waals surface area contributed by atoms with Crippen LogP contribution in [0, 0.1) is 20.7 Å². The Morgan fingerprint density at radius 2 is 1.96 bits per heavy atom. The van der Waals surface area contributed by atoms with Crippen molar-refractivity contribution in [2.24, 2.45) is 7.05 Å². The molecule has 0 aliphatic rings. The molecular weight excluding hydrogens is 284 g/mol. The maximum absolute atomic E-state index is 7.73. The van der Waals surface area contributed by atoms with Crippen molar-refractivity contribution in [1.82, 2.24) is 4.98 Å². The fourth-order valence-corrected chi connectivity index (χ4v) is 3.09. The second-order valence-electron chi connectivity index (χ2n) is 5.96. The average molecular weight is 306 g/mol. The maximum Gasteiger partial charge on any atom is 0.227 e. The molecule has 4 aromatic rings. The molecule has 0 fully saturated rings. The predicted octanol–water partition coefficient (Wildman–Crippen LogP) is 4.40. The molecule has 23 heavy (non-hydrogen) atoms. The molecular formula is C20H19N2O+. The number of hydrogen-bond donors (Lipinski definition) is 0. The van der Waals surface area contributed by atoms with Crippen LogP contribution in [0.2, 0.25) is 0 Å². The molecule has 0 aliphatic heterocycles. The van der Waals surface area contributed by atoms with E-state index in [1.807, 2.05) is 49.7 Å². The van der Waals surface area contributed by atoms with E-state index in [4.69, 9.17) is 8.53 Å². The number of aryl methyl sites for hydroxylation is 4. The van der Waals surface area contributed by atoms with Crippen molar-refractivity contribution in [3.8, 4) is 11.3 Å². The van der Waals surface area contributed by atoms with Crippen LogP contribution < -0.4 is 4.57 Å². The SMILES string of the molecule is [2H]C([2H])([2H])c1c[n+](C)c(-c2c(C)ccc3c2oc2ncccc23)cc1C. The van der Waals surface area contributed by atoms with Crippen LogP contribution in [-0.2, 0) is 7.05 Å². The highest BCUT2D eigenvalue weighted by atomic mass is 16.3. The predicted molar refractivity (Wildman–Crippen MR) is 92.3 cm³/mol. The van der Waals surface area contributed by atoms with Crippen molar-refractivity contribution in [3.63, 3.8) is 0 Å². The van der Waals surface area contributed by atoms with Crippen LogP contribution in [0.3, 0.4) is 0 Å². The van der Waals surface area contributed by atoms with E-state index in [0.29, 0.717) is 11.3 Å². The Hall–Kier alpha value is -2.68. The van der Waals surface area contributed by atoms with E-state index in [-0.39, 0.29) is 0 Å². The van der Waals surface area contributed by atoms with Crippen molar-refractivity contribution in [1.29, 1.82) is 0 Å². The van der Waals surface area contributed by atoms with E-state index in [9.17, 15) is 0 Å². The summed E-state index contributed by atoms with van der Waals surface area (Å²) in [5.74, 6) is 0. The molecule has 0 spiro atoms. The van der Waals surface area contributed by atoms with Gasteiger partial charge in [0.2, 0.25) is 11.4 Å². The summed E-state index contributed by atoms with van der Waals surface area (Å²) in [5, 5.41) is 1.98. The molecule has 0 saturated heterocycles. The lowest BCUT2D eigenvalue weighted by molar-refractivity contribution is -0.660. The number of aromatic nitrogens is 2. The monoisotopic (exact) mass is 306 g/mol. The first-order valence-corrected chi connectivity index (χ1v) is 7.55. The first-order chi connectivity index (χ1) is 12.3. The van der Waals surface area contributed by atoms with Gasteiger partial charge >= 0.3 is 0 Å². The zero-order chi connectivity index (χ0) is 18.6. The Morgan fingerprint density at radius 3 is 2.78 bits per heavy atom. The standard InChI is InChI=1S/C20H19N2O/c1-12-7-8-15-16-6-5-9-21-20(16)23-19(15)18(12)17-10-13(2)14(3)11-22(17)4/h5-11H,1-4H3/q+1/i3D3. The minimum absolute atomic E-state index is 0.361. The highest BCUT2D eigenvalue weighted by Crippen LogP contribution is 2.36. The number of hydrogen-bond acceptors (Lipinski definition) is 2. The van der Waals surface area contributed by atoms with Crippen molar-refractivity contribution in [3.05, 3.63) is 59.4 Å². The van der Waals surface area contributed by atoms with Crippen molar-refractivity contribution < 1.29 is 13.1 Å². The Labute approximate surface area is 139 Å². The molecule has 0 unspecified atom stereocenters. The maximum atomic E-state index is 7.73. The number of fused-ring (bicyclic) bond motifs is 3. The Kier molecular flexibility index (Phi) is 2.34. The van der Waals surface area contributed by atoms with Gasteiger partial charge in [-0.15, -0.1) is 0 Å². The fourth-order valence-electron chi connectivity index (χ4n) is 3.09. The van der Waals surface area contributed by atoms with Crippen LogP contribution >= 0.6 is 0 Å². The third kappa shape index (κ3) is 2.04. The minimum Gasteiger partial charge on any atom is -0.437 e. The second-order valence-corrected chi connectivity index (χ2v) is 5.96. The number of furan rings is 1. The first-order valence-electron chi connectivity index (χ1n) is 9.05. The summed E-state index contributed by atoms with van der Waals surface area (Å²) >= 11 is 0. The van der Waals surface area contributed by atoms with Crippen LogP contribution in [0.4, 0.5) is 0 Å². The third-order valence-corrected chi connectivity index (χ3v) is 4.36. The molecule has 0 N–H and O–H groups in total. The summed E-state index contributed by atoms with van der Waals surface area (Å²) in [5.41, 5.74) is 5.42. The normalized spacial score (nSPS) is 14.0. The molecule has 0 atom stereocenters. The highest BCUT2D eigenvalue weighted by molar-refractivity contribution is 6.08. The molecule has 4 rings (SSSR count). The van der Waals surface area contributed by atoms with Gasteiger partial charge in [0.25, 0.3) is 0 Å². The largest absolute Gasteiger partial charge is 0.437 e. The van der Waals surface area contributed by atoms with Crippen molar-refractivity contribution in [2.45, 2.75) is 20.7 Å². The Bertz CT molecular complexity index is 1160. The summed E-state index contributed by atoms with van der Waals surface area (Å²) in [7, 11) is 1.86. The van der Waals surface area contributed by atoms with Crippen LogP contribution in [-0.4, -0.2) is 4.98 Å². The lowest BCUT2D eigenvalue weighted by Crippen LogP contribution is -2.31. The summed E-state index contributed by atoms with van der Waals surface area (Å²) in [6, 6.07) is 9.92. The van der Waals surface area contributed by atoms with Crippen molar-refractivity contribution in [2.75, 3.05) is 0 Å². The number of benzene rings is 1. The van der Waals surface area contributed by atoms with E-state index in [2.05, 4.69) is 11.1 Å². The summed E-state index contributed by atoms with van der Waals surface area (Å²) in [4.78, 5) is 4.32. The lowest BCUT2D eigenvalue weighted by Gasteiger charge is -2.07. The molecule has 0 bridgehead atoms. The molecule has 3 aromatic heterocycles. The number of pyridine rings is 2. The Balaban J connectivity index is 2.06. The van der Waals surface area contributed by atoms with E-state index < -0.39 is 6.85 Å². The zero-order valence-corrected chi connectivity index (χ0v) is 13.3. The lowest BCUT2D eigenvalue weighted by atomic mass is 9.99. The third-order valence-electron chi connectivity index (χ3n) is 4.36. The number of rotatable bonds is 1. The van der Waals surface area contributed by atoms with Gasteiger partial charge in [0.1, 0.15) is 7.05 Å².